The second kappa shape index (κ2) is 11.9. The molecule has 0 aliphatic carbocycles. The van der Waals surface area contributed by atoms with E-state index in [1.165, 1.54) is 27.6 Å². The van der Waals surface area contributed by atoms with Crippen LogP contribution in [0, 0.1) is 13.8 Å². The minimum Gasteiger partial charge on any atom is -0.451 e. The maximum Gasteiger partial charge on any atom is 0.291 e. The molecule has 0 radical (unpaired) electrons. The van der Waals surface area contributed by atoms with Crippen molar-refractivity contribution in [1.29, 1.82) is 0 Å². The number of carbonyl (C=O) groups is 1. The lowest BCUT2D eigenvalue weighted by Crippen LogP contribution is -2.32. The van der Waals surface area contributed by atoms with E-state index in [4.69, 9.17) is 4.42 Å². The van der Waals surface area contributed by atoms with Crippen LogP contribution < -0.4 is 10.7 Å². The summed E-state index contributed by atoms with van der Waals surface area (Å²) in [6, 6.07) is 22.1. The third kappa shape index (κ3) is 5.87. The fourth-order valence-corrected chi connectivity index (χ4v) is 5.65. The first kappa shape index (κ1) is 28.3. The van der Waals surface area contributed by atoms with E-state index in [9.17, 15) is 9.59 Å². The molecule has 10 heteroatoms. The zero-order chi connectivity index (χ0) is 30.9. The molecule has 224 valence electrons. The number of nitrogens with one attached hydrogen (secondary N) is 1. The molecule has 1 N–H and O–H groups in total. The minimum atomic E-state index is -0.546. The number of rotatable bonds is 7. The fourth-order valence-electron chi connectivity index (χ4n) is 5.65. The summed E-state index contributed by atoms with van der Waals surface area (Å²) in [6.45, 7) is 6.90. The molecule has 1 amide bonds. The number of amides is 1. The van der Waals surface area contributed by atoms with Gasteiger partial charge in [-0.1, -0.05) is 24.3 Å². The molecule has 7 rings (SSSR count). The number of aromatic nitrogens is 5. The van der Waals surface area contributed by atoms with E-state index >= 15 is 0 Å². The highest BCUT2D eigenvalue weighted by Crippen LogP contribution is 2.29. The van der Waals surface area contributed by atoms with Crippen LogP contribution in [0.3, 0.4) is 0 Å². The number of anilines is 1. The highest BCUT2D eigenvalue weighted by molar-refractivity contribution is 6.05. The van der Waals surface area contributed by atoms with Crippen LogP contribution >= 0.6 is 0 Å². The van der Waals surface area contributed by atoms with Crippen molar-refractivity contribution in [3.05, 3.63) is 129 Å². The summed E-state index contributed by atoms with van der Waals surface area (Å²) < 4.78 is 5.75. The molecule has 6 aromatic rings. The summed E-state index contributed by atoms with van der Waals surface area (Å²) in [5.41, 5.74) is 7.88. The zero-order valence-corrected chi connectivity index (χ0v) is 25.0. The lowest BCUT2D eigenvalue weighted by molar-refractivity contribution is 0.0997. The van der Waals surface area contributed by atoms with E-state index in [1.807, 2.05) is 50.5 Å². The fraction of sp³-hybridized carbons (Fsp3) is 0.200. The molecule has 0 saturated carbocycles. The zero-order valence-electron chi connectivity index (χ0n) is 25.0. The molecule has 0 spiro atoms. The molecule has 45 heavy (non-hydrogen) atoms. The van der Waals surface area contributed by atoms with Crippen molar-refractivity contribution >= 4 is 22.6 Å². The first-order valence-corrected chi connectivity index (χ1v) is 14.9. The van der Waals surface area contributed by atoms with Gasteiger partial charge in [0.2, 0.25) is 5.82 Å². The normalized spacial score (nSPS) is 13.1. The number of hydrogen-bond donors (Lipinski definition) is 1. The topological polar surface area (TPSA) is 119 Å². The van der Waals surface area contributed by atoms with E-state index < -0.39 is 5.91 Å². The Morgan fingerprint density at radius 1 is 0.978 bits per heavy atom. The quantitative estimate of drug-likeness (QED) is 0.263. The van der Waals surface area contributed by atoms with Crippen LogP contribution in [0.25, 0.3) is 28.0 Å². The van der Waals surface area contributed by atoms with Gasteiger partial charge in [-0.15, -0.1) is 15.0 Å². The number of pyridine rings is 1. The van der Waals surface area contributed by atoms with Gasteiger partial charge in [0, 0.05) is 43.7 Å². The molecular formula is C35H31N7O3. The second-order valence-electron chi connectivity index (χ2n) is 11.4. The smallest absolute Gasteiger partial charge is 0.291 e. The molecule has 1 aliphatic heterocycles. The van der Waals surface area contributed by atoms with Crippen molar-refractivity contribution in [1.82, 2.24) is 30.1 Å². The number of para-hydroxylation sites is 1. The number of fused-ring (bicyclic) bond motifs is 2. The Bertz CT molecular complexity index is 2100. The van der Waals surface area contributed by atoms with Gasteiger partial charge in [0.25, 0.3) is 5.91 Å². The molecular weight excluding hydrogens is 566 g/mol. The van der Waals surface area contributed by atoms with Gasteiger partial charge in [0.15, 0.2) is 11.2 Å². The Labute approximate surface area is 259 Å². The number of tetrazole rings is 1. The Kier molecular flexibility index (Phi) is 7.48. The van der Waals surface area contributed by atoms with Crippen molar-refractivity contribution in [3.63, 3.8) is 0 Å². The van der Waals surface area contributed by atoms with Crippen LogP contribution in [0.15, 0.2) is 94.4 Å². The van der Waals surface area contributed by atoms with E-state index in [2.05, 4.69) is 48.8 Å². The van der Waals surface area contributed by atoms with Gasteiger partial charge in [-0.25, -0.2) is 0 Å². The summed E-state index contributed by atoms with van der Waals surface area (Å²) >= 11 is 0. The summed E-state index contributed by atoms with van der Waals surface area (Å²) in [5, 5.41) is 16.6. The molecule has 0 bridgehead atoms. The van der Waals surface area contributed by atoms with Gasteiger partial charge in [-0.05, 0) is 102 Å². The van der Waals surface area contributed by atoms with Gasteiger partial charge in [-0.2, -0.15) is 0 Å². The monoisotopic (exact) mass is 597 g/mol. The number of carbonyl (C=O) groups excluding carboxylic acids is 1. The lowest BCUT2D eigenvalue weighted by Gasteiger charge is -2.28. The molecule has 0 atom stereocenters. The number of aryl methyl sites for hydroxylation is 2. The van der Waals surface area contributed by atoms with Gasteiger partial charge < -0.3 is 9.73 Å². The largest absolute Gasteiger partial charge is 0.451 e. The molecule has 1 aliphatic rings. The number of nitrogens with zero attached hydrogens (tertiary/aromatic N) is 6. The predicted molar refractivity (Wildman–Crippen MR) is 171 cm³/mol. The predicted octanol–water partition coefficient (Wildman–Crippen LogP) is 5.30. The van der Waals surface area contributed by atoms with Crippen LogP contribution in [0.5, 0.6) is 0 Å². The van der Waals surface area contributed by atoms with E-state index in [1.54, 1.807) is 24.3 Å². The van der Waals surface area contributed by atoms with Gasteiger partial charge in [-0.3, -0.25) is 19.5 Å². The standard InChI is InChI=1S/C35H31N7O3/c1-22-17-29(30(18-23(22)2)37-35(44)33-19-31(43)28-5-3-4-6-32(28)45-33)34-38-40-42(39-34)27-9-7-24(8-10-27)12-15-41-16-13-25-11-14-36-20-26(25)21-41/h3-11,14,17-20H,12-13,15-16,21H2,1-2H3,(H,37,44). The van der Waals surface area contributed by atoms with Crippen LogP contribution in [0.2, 0.25) is 0 Å². The van der Waals surface area contributed by atoms with Crippen molar-refractivity contribution in [2.45, 2.75) is 33.2 Å². The maximum absolute atomic E-state index is 13.2. The van der Waals surface area contributed by atoms with Crippen LogP contribution in [-0.4, -0.2) is 49.1 Å². The van der Waals surface area contributed by atoms with Crippen LogP contribution in [0.4, 0.5) is 5.69 Å². The highest BCUT2D eigenvalue weighted by atomic mass is 16.3. The van der Waals surface area contributed by atoms with E-state index in [-0.39, 0.29) is 11.2 Å². The van der Waals surface area contributed by atoms with Gasteiger partial charge >= 0.3 is 0 Å². The van der Waals surface area contributed by atoms with Gasteiger partial charge in [0.1, 0.15) is 5.58 Å². The average Bonchev–Trinajstić information content (AvgIpc) is 3.56. The molecule has 4 heterocycles. The Balaban J connectivity index is 1.07. The Morgan fingerprint density at radius 3 is 2.67 bits per heavy atom. The van der Waals surface area contributed by atoms with E-state index in [0.717, 1.165) is 49.3 Å². The first-order valence-electron chi connectivity index (χ1n) is 14.9. The second-order valence-corrected chi connectivity index (χ2v) is 11.4. The van der Waals surface area contributed by atoms with Crippen molar-refractivity contribution in [2.24, 2.45) is 0 Å². The molecule has 0 unspecified atom stereocenters. The summed E-state index contributed by atoms with van der Waals surface area (Å²) in [4.78, 5) is 34.1. The average molecular weight is 598 g/mol. The highest BCUT2D eigenvalue weighted by Gasteiger charge is 2.19. The molecule has 3 aromatic carbocycles. The molecule has 10 nitrogen and oxygen atoms in total. The summed E-state index contributed by atoms with van der Waals surface area (Å²) in [7, 11) is 0. The molecule has 3 aromatic heterocycles. The molecule has 0 fully saturated rings. The van der Waals surface area contributed by atoms with Gasteiger partial charge in [0.05, 0.1) is 16.8 Å². The van der Waals surface area contributed by atoms with Crippen molar-refractivity contribution in [3.8, 4) is 17.1 Å². The maximum atomic E-state index is 13.2. The minimum absolute atomic E-state index is 0.0818. The Hall–Kier alpha value is -5.48. The van der Waals surface area contributed by atoms with E-state index in [0.29, 0.717) is 28.0 Å². The third-order valence-corrected chi connectivity index (χ3v) is 8.37. The first-order chi connectivity index (χ1) is 21.9. The van der Waals surface area contributed by atoms with Crippen LogP contribution in [-0.2, 0) is 19.4 Å². The number of benzene rings is 3. The lowest BCUT2D eigenvalue weighted by atomic mass is 10.0. The summed E-state index contributed by atoms with van der Waals surface area (Å²) in [6.07, 6.45) is 5.85. The summed E-state index contributed by atoms with van der Waals surface area (Å²) in [5.74, 6) is -0.269. The number of hydrogen-bond acceptors (Lipinski definition) is 8. The van der Waals surface area contributed by atoms with Crippen molar-refractivity contribution in [2.75, 3.05) is 18.4 Å². The van der Waals surface area contributed by atoms with Crippen LogP contribution in [0.1, 0.15) is 38.4 Å². The molecule has 0 saturated heterocycles. The third-order valence-electron chi connectivity index (χ3n) is 8.37. The van der Waals surface area contributed by atoms with Crippen molar-refractivity contribution < 1.29 is 9.21 Å². The Morgan fingerprint density at radius 2 is 1.80 bits per heavy atom. The SMILES string of the molecule is Cc1cc(NC(=O)c2cc(=O)c3ccccc3o2)c(-c2nnn(-c3ccc(CCN4CCc5ccncc5C4)cc3)n2)cc1C.